The molecule has 0 aromatic carbocycles. The molecule has 0 radical (unpaired) electrons. The average molecular weight is 431 g/mol. The maximum absolute atomic E-state index is 12.9. The van der Waals surface area contributed by atoms with Gasteiger partial charge in [-0.2, -0.15) is 4.98 Å². The lowest BCUT2D eigenvalue weighted by atomic mass is 10.2. The van der Waals surface area contributed by atoms with Crippen LogP contribution in [0.4, 0.5) is 22.1 Å². The molecule has 0 fully saturated rings. The summed E-state index contributed by atoms with van der Waals surface area (Å²) >= 11 is -2.97. The van der Waals surface area contributed by atoms with Gasteiger partial charge in [-0.05, 0) is 18.2 Å². The molecule has 1 atom stereocenters. The van der Waals surface area contributed by atoms with Crippen molar-refractivity contribution in [2.75, 3.05) is 42.8 Å². The summed E-state index contributed by atoms with van der Waals surface area (Å²) in [4.78, 5) is 27.2. The van der Waals surface area contributed by atoms with E-state index in [1.165, 1.54) is 26.4 Å². The summed E-state index contributed by atoms with van der Waals surface area (Å²) in [5.41, 5.74) is 1.38. The van der Waals surface area contributed by atoms with E-state index in [0.717, 1.165) is 0 Å². The molecule has 12 heteroatoms. The van der Waals surface area contributed by atoms with E-state index < -0.39 is 17.3 Å². The SMILES string of the molecule is COc1cc(NC(=O)N(c2nc3cccnc3cc2N(C)C)S(=O)[O-])nc(OC)c1. The zero-order valence-electron chi connectivity index (χ0n) is 16.6. The Bertz CT molecular complexity index is 1090. The zero-order valence-corrected chi connectivity index (χ0v) is 17.5. The van der Waals surface area contributed by atoms with Gasteiger partial charge in [-0.15, -0.1) is 0 Å². The Labute approximate surface area is 175 Å². The smallest absolute Gasteiger partial charge is 0.340 e. The Morgan fingerprint density at radius 2 is 1.90 bits per heavy atom. The van der Waals surface area contributed by atoms with Gasteiger partial charge in [0.25, 0.3) is 0 Å². The number of hydrogen-bond donors (Lipinski definition) is 1. The van der Waals surface area contributed by atoms with Gasteiger partial charge in [0.05, 0.1) is 42.2 Å². The van der Waals surface area contributed by atoms with E-state index in [-0.39, 0.29) is 17.5 Å². The minimum absolute atomic E-state index is 0.0421. The van der Waals surface area contributed by atoms with E-state index in [1.807, 2.05) is 0 Å². The molecule has 0 bridgehead atoms. The zero-order chi connectivity index (χ0) is 21.8. The molecule has 30 heavy (non-hydrogen) atoms. The number of hydrogen-bond acceptors (Lipinski definition) is 9. The van der Waals surface area contributed by atoms with Crippen LogP contribution in [0.2, 0.25) is 0 Å². The lowest BCUT2D eigenvalue weighted by Crippen LogP contribution is -2.38. The van der Waals surface area contributed by atoms with Crippen molar-refractivity contribution >= 4 is 45.7 Å². The summed E-state index contributed by atoms with van der Waals surface area (Å²) in [6.07, 6.45) is 1.60. The first-order valence-electron chi connectivity index (χ1n) is 8.57. The first-order chi connectivity index (χ1) is 14.3. The van der Waals surface area contributed by atoms with Crippen molar-refractivity contribution in [3.8, 4) is 11.6 Å². The molecule has 1 unspecified atom stereocenters. The Morgan fingerprint density at radius 3 is 2.53 bits per heavy atom. The third-order valence-corrected chi connectivity index (χ3v) is 4.64. The van der Waals surface area contributed by atoms with Crippen LogP contribution in [0.25, 0.3) is 11.0 Å². The minimum Gasteiger partial charge on any atom is -0.755 e. The normalized spacial score (nSPS) is 11.6. The fraction of sp³-hybridized carbons (Fsp3) is 0.222. The standard InChI is InChI=1S/C18H20N6O5S/c1-23(2)14-10-13-12(6-5-7-19-13)20-17(14)24(30(26)27)18(25)22-15-8-11(28-3)9-16(21-15)29-4/h5-10H,1-4H3,(H,26,27)(H,21,22,25)/p-1. The summed E-state index contributed by atoms with van der Waals surface area (Å²) in [6, 6.07) is 6.95. The average Bonchev–Trinajstić information content (AvgIpc) is 2.72. The number of ether oxygens (including phenoxy) is 2. The summed E-state index contributed by atoms with van der Waals surface area (Å²) in [5.74, 6) is 0.515. The molecule has 0 saturated heterocycles. The van der Waals surface area contributed by atoms with E-state index in [9.17, 15) is 13.6 Å². The predicted molar refractivity (Wildman–Crippen MR) is 112 cm³/mol. The molecule has 3 rings (SSSR count). The van der Waals surface area contributed by atoms with Crippen LogP contribution in [0.5, 0.6) is 11.6 Å². The highest BCUT2D eigenvalue weighted by Gasteiger charge is 2.24. The van der Waals surface area contributed by atoms with Gasteiger partial charge in [0, 0.05) is 32.4 Å². The maximum Gasteiger partial charge on any atom is 0.340 e. The molecule has 0 aliphatic rings. The Balaban J connectivity index is 2.05. The molecule has 3 heterocycles. The molecule has 3 aromatic heterocycles. The number of nitrogens with one attached hydrogen (secondary N) is 1. The van der Waals surface area contributed by atoms with Crippen LogP contribution >= 0.6 is 0 Å². The van der Waals surface area contributed by atoms with Crippen LogP contribution in [0.15, 0.2) is 36.5 Å². The van der Waals surface area contributed by atoms with Gasteiger partial charge in [0.1, 0.15) is 11.6 Å². The van der Waals surface area contributed by atoms with Crippen molar-refractivity contribution in [2.45, 2.75) is 0 Å². The molecule has 3 aromatic rings. The van der Waals surface area contributed by atoms with Gasteiger partial charge in [-0.25, -0.2) is 14.1 Å². The molecule has 0 aliphatic heterocycles. The van der Waals surface area contributed by atoms with E-state index >= 15 is 0 Å². The van der Waals surface area contributed by atoms with Gasteiger partial charge >= 0.3 is 6.03 Å². The van der Waals surface area contributed by atoms with Crippen LogP contribution in [0, 0.1) is 0 Å². The molecule has 2 amide bonds. The van der Waals surface area contributed by atoms with Crippen LogP contribution < -0.4 is 24.0 Å². The number of nitrogens with zero attached hydrogens (tertiary/aromatic N) is 5. The molecule has 0 spiro atoms. The first kappa shape index (κ1) is 21.2. The topological polar surface area (TPSA) is 133 Å². The second-order valence-corrected chi connectivity index (χ2v) is 6.94. The highest BCUT2D eigenvalue weighted by Crippen LogP contribution is 2.31. The second kappa shape index (κ2) is 8.88. The van der Waals surface area contributed by atoms with Crippen molar-refractivity contribution < 1.29 is 23.0 Å². The number of fused-ring (bicyclic) bond motifs is 1. The quantitative estimate of drug-likeness (QED) is 0.581. The van der Waals surface area contributed by atoms with Crippen molar-refractivity contribution in [2.24, 2.45) is 0 Å². The highest BCUT2D eigenvalue weighted by atomic mass is 32.2. The number of urea groups is 1. The third-order valence-electron chi connectivity index (χ3n) is 4.01. The van der Waals surface area contributed by atoms with Crippen molar-refractivity contribution in [1.82, 2.24) is 15.0 Å². The maximum atomic E-state index is 12.9. The first-order valence-corrected chi connectivity index (χ1v) is 9.61. The van der Waals surface area contributed by atoms with E-state index in [0.29, 0.717) is 26.8 Å². The Kier molecular flexibility index (Phi) is 6.28. The lowest BCUT2D eigenvalue weighted by Gasteiger charge is -2.27. The lowest BCUT2D eigenvalue weighted by molar-refractivity contribution is 0.259. The predicted octanol–water partition coefficient (Wildman–Crippen LogP) is 1.94. The Hall–Kier alpha value is -3.51. The number of anilines is 3. The highest BCUT2D eigenvalue weighted by molar-refractivity contribution is 7.81. The van der Waals surface area contributed by atoms with Gasteiger partial charge in [-0.3, -0.25) is 14.5 Å². The number of pyridine rings is 3. The van der Waals surface area contributed by atoms with Crippen LogP contribution in [0.3, 0.4) is 0 Å². The van der Waals surface area contributed by atoms with Crippen LogP contribution in [-0.4, -0.2) is 58.1 Å². The van der Waals surface area contributed by atoms with Gasteiger partial charge in [-0.1, -0.05) is 0 Å². The van der Waals surface area contributed by atoms with Gasteiger partial charge in [0.2, 0.25) is 5.88 Å². The molecule has 11 nitrogen and oxygen atoms in total. The summed E-state index contributed by atoms with van der Waals surface area (Å²) in [7, 11) is 6.25. The summed E-state index contributed by atoms with van der Waals surface area (Å²) in [5, 5.41) is 2.43. The fourth-order valence-electron chi connectivity index (χ4n) is 2.62. The second-order valence-electron chi connectivity index (χ2n) is 6.14. The van der Waals surface area contributed by atoms with Crippen LogP contribution in [0.1, 0.15) is 0 Å². The number of carbonyl (C=O) groups is 1. The third kappa shape index (κ3) is 4.39. The molecular weight excluding hydrogens is 412 g/mol. The molecule has 158 valence electrons. The van der Waals surface area contributed by atoms with Crippen LogP contribution in [-0.2, 0) is 11.3 Å². The molecular formula is C18H19N6O5S-. The molecule has 0 aliphatic carbocycles. The number of aromatic nitrogens is 3. The van der Waals surface area contributed by atoms with E-state index in [2.05, 4.69) is 20.3 Å². The largest absolute Gasteiger partial charge is 0.755 e. The van der Waals surface area contributed by atoms with Crippen molar-refractivity contribution in [1.29, 1.82) is 0 Å². The molecule has 1 N–H and O–H groups in total. The van der Waals surface area contributed by atoms with Crippen molar-refractivity contribution in [3.63, 3.8) is 0 Å². The molecule has 0 saturated carbocycles. The summed E-state index contributed by atoms with van der Waals surface area (Å²) in [6.45, 7) is 0. The monoisotopic (exact) mass is 431 g/mol. The van der Waals surface area contributed by atoms with E-state index in [1.54, 1.807) is 43.4 Å². The van der Waals surface area contributed by atoms with Gasteiger partial charge in [0.15, 0.2) is 5.82 Å². The fourth-order valence-corrected chi connectivity index (χ4v) is 3.08. The Morgan fingerprint density at radius 1 is 1.13 bits per heavy atom. The van der Waals surface area contributed by atoms with E-state index in [4.69, 9.17) is 9.47 Å². The number of methoxy groups -OCH3 is 2. The van der Waals surface area contributed by atoms with Crippen molar-refractivity contribution in [3.05, 3.63) is 36.5 Å². The number of carbonyl (C=O) groups excluding carboxylic acids is 1. The minimum atomic E-state index is -2.97. The van der Waals surface area contributed by atoms with Gasteiger partial charge < -0.3 is 18.9 Å². The number of rotatable bonds is 6. The summed E-state index contributed by atoms with van der Waals surface area (Å²) < 4.78 is 34.7. The number of amides is 2.